The van der Waals surface area contributed by atoms with Gasteiger partial charge in [-0.2, -0.15) is 0 Å². The number of carbonyl (C=O) groups excluding carboxylic acids is 2. The number of aliphatic hydroxyl groups excluding tert-OH is 4. The highest BCUT2D eigenvalue weighted by Crippen LogP contribution is 2.22. The second-order valence-corrected chi connectivity index (χ2v) is 14.1. The maximum atomic E-state index is 12.7. The monoisotopic (exact) mass is 727 g/mol. The van der Waals surface area contributed by atoms with Gasteiger partial charge in [-0.1, -0.05) is 141 Å². The minimum Gasteiger partial charge on any atom is -0.462 e. The van der Waals surface area contributed by atoms with Crippen molar-refractivity contribution < 1.29 is 49.0 Å². The number of allylic oxidation sites excluding steroid dienone is 4. The molecule has 1 rings (SSSR count). The van der Waals surface area contributed by atoms with Gasteiger partial charge in [-0.05, 0) is 38.5 Å². The van der Waals surface area contributed by atoms with Crippen LogP contribution in [0.25, 0.3) is 0 Å². The lowest BCUT2D eigenvalue weighted by molar-refractivity contribution is -0.305. The van der Waals surface area contributed by atoms with E-state index in [4.69, 9.17) is 18.9 Å². The molecule has 0 aliphatic carbocycles. The average molecular weight is 727 g/mol. The van der Waals surface area contributed by atoms with Crippen molar-refractivity contribution in [1.29, 1.82) is 0 Å². The molecule has 1 saturated heterocycles. The first-order chi connectivity index (χ1) is 24.8. The maximum absolute atomic E-state index is 12.7. The molecule has 0 saturated carbocycles. The van der Waals surface area contributed by atoms with Gasteiger partial charge in [-0.3, -0.25) is 9.59 Å². The first kappa shape index (κ1) is 47.2. The van der Waals surface area contributed by atoms with Crippen LogP contribution in [0.4, 0.5) is 0 Å². The summed E-state index contributed by atoms with van der Waals surface area (Å²) >= 11 is 0. The number of rotatable bonds is 33. The average Bonchev–Trinajstić information content (AvgIpc) is 3.13. The van der Waals surface area contributed by atoms with E-state index in [1.807, 2.05) is 0 Å². The van der Waals surface area contributed by atoms with Crippen LogP contribution in [0.5, 0.6) is 0 Å². The first-order valence-electron chi connectivity index (χ1n) is 20.4. The molecule has 1 fully saturated rings. The van der Waals surface area contributed by atoms with Crippen LogP contribution in [0.2, 0.25) is 0 Å². The van der Waals surface area contributed by atoms with Crippen molar-refractivity contribution in [1.82, 2.24) is 0 Å². The van der Waals surface area contributed by atoms with E-state index in [9.17, 15) is 30.0 Å². The molecule has 1 aliphatic rings. The summed E-state index contributed by atoms with van der Waals surface area (Å²) in [5.41, 5.74) is 0. The van der Waals surface area contributed by atoms with E-state index < -0.39 is 49.4 Å². The molecule has 10 heteroatoms. The summed E-state index contributed by atoms with van der Waals surface area (Å²) in [5, 5.41) is 39.9. The predicted octanol–water partition coefficient (Wildman–Crippen LogP) is 7.77. The van der Waals surface area contributed by atoms with Crippen molar-refractivity contribution in [3.05, 3.63) is 24.3 Å². The minimum absolute atomic E-state index is 0.216. The third-order valence-corrected chi connectivity index (χ3v) is 9.34. The fraction of sp³-hybridized carbons (Fsp3) is 0.854. The first-order valence-corrected chi connectivity index (χ1v) is 20.4. The van der Waals surface area contributed by atoms with E-state index in [1.54, 1.807) is 0 Å². The van der Waals surface area contributed by atoms with Crippen LogP contribution in [-0.4, -0.2) is 89.0 Å². The molecule has 0 aromatic carbocycles. The summed E-state index contributed by atoms with van der Waals surface area (Å²) in [6, 6.07) is 0. The van der Waals surface area contributed by atoms with E-state index in [-0.39, 0.29) is 32.0 Å². The molecule has 4 N–H and O–H groups in total. The summed E-state index contributed by atoms with van der Waals surface area (Å²) in [6.07, 6.45) is 26.1. The van der Waals surface area contributed by atoms with Gasteiger partial charge < -0.3 is 39.4 Å². The van der Waals surface area contributed by atoms with Crippen LogP contribution in [0, 0.1) is 0 Å². The van der Waals surface area contributed by atoms with E-state index in [2.05, 4.69) is 38.2 Å². The molecular weight excluding hydrogens is 652 g/mol. The lowest BCUT2D eigenvalue weighted by Crippen LogP contribution is -2.59. The van der Waals surface area contributed by atoms with Gasteiger partial charge in [0.1, 0.15) is 31.0 Å². The van der Waals surface area contributed by atoms with Crippen molar-refractivity contribution in [2.24, 2.45) is 0 Å². The van der Waals surface area contributed by atoms with E-state index in [0.717, 1.165) is 64.2 Å². The van der Waals surface area contributed by atoms with Crippen molar-refractivity contribution >= 4 is 11.9 Å². The Morgan fingerprint density at radius 2 is 1.12 bits per heavy atom. The highest BCUT2D eigenvalue weighted by atomic mass is 16.7. The van der Waals surface area contributed by atoms with Crippen molar-refractivity contribution in [2.45, 2.75) is 205 Å². The molecule has 0 amide bonds. The number of esters is 2. The summed E-state index contributed by atoms with van der Waals surface area (Å²) in [6.45, 7) is 3.35. The van der Waals surface area contributed by atoms with Crippen LogP contribution in [-0.2, 0) is 28.5 Å². The summed E-state index contributed by atoms with van der Waals surface area (Å²) < 4.78 is 22.1. The molecule has 0 aromatic heterocycles. The largest absolute Gasteiger partial charge is 0.462 e. The van der Waals surface area contributed by atoms with Crippen LogP contribution >= 0.6 is 0 Å². The van der Waals surface area contributed by atoms with Gasteiger partial charge in [0.15, 0.2) is 12.4 Å². The van der Waals surface area contributed by atoms with Crippen molar-refractivity contribution in [3.8, 4) is 0 Å². The fourth-order valence-electron chi connectivity index (χ4n) is 6.03. The predicted molar refractivity (Wildman–Crippen MR) is 201 cm³/mol. The minimum atomic E-state index is -1.59. The Kier molecular flexibility index (Phi) is 30.4. The van der Waals surface area contributed by atoms with Crippen LogP contribution in [0.1, 0.15) is 168 Å². The summed E-state index contributed by atoms with van der Waals surface area (Å²) in [7, 11) is 0. The molecule has 0 spiro atoms. The van der Waals surface area contributed by atoms with Gasteiger partial charge in [0.25, 0.3) is 0 Å². The third-order valence-electron chi connectivity index (χ3n) is 9.34. The van der Waals surface area contributed by atoms with Gasteiger partial charge in [0.2, 0.25) is 0 Å². The molecule has 298 valence electrons. The van der Waals surface area contributed by atoms with Crippen molar-refractivity contribution in [3.63, 3.8) is 0 Å². The Hall–Kier alpha value is -1.82. The van der Waals surface area contributed by atoms with E-state index in [0.29, 0.717) is 6.42 Å². The standard InChI is InChI=1S/C41H74O10/c1-3-5-7-9-11-13-15-17-18-20-22-24-26-28-30-37(44)50-34(33-49-41-40(47)39(46)38(45)35(31-42)51-41)32-48-36(43)29-27-25-23-21-19-16-14-12-10-8-6-4-2/h9,11,15,17,34-35,38-42,45-47H,3-8,10,12-14,16,18-33H2,1-2H3/b11-9-,17-15-. The zero-order valence-electron chi connectivity index (χ0n) is 32.1. The maximum Gasteiger partial charge on any atom is 0.306 e. The van der Waals surface area contributed by atoms with E-state index in [1.165, 1.54) is 70.6 Å². The quantitative estimate of drug-likeness (QED) is 0.0300. The van der Waals surface area contributed by atoms with Crippen molar-refractivity contribution in [2.75, 3.05) is 19.8 Å². The van der Waals surface area contributed by atoms with Gasteiger partial charge in [-0.15, -0.1) is 0 Å². The number of hydrogen-bond acceptors (Lipinski definition) is 10. The lowest BCUT2D eigenvalue weighted by atomic mass is 9.99. The van der Waals surface area contributed by atoms with Crippen LogP contribution in [0.3, 0.4) is 0 Å². The Morgan fingerprint density at radius 1 is 0.608 bits per heavy atom. The lowest BCUT2D eigenvalue weighted by Gasteiger charge is -2.39. The smallest absolute Gasteiger partial charge is 0.306 e. The van der Waals surface area contributed by atoms with Crippen LogP contribution in [0.15, 0.2) is 24.3 Å². The number of hydrogen-bond donors (Lipinski definition) is 4. The fourth-order valence-corrected chi connectivity index (χ4v) is 6.03. The molecule has 1 heterocycles. The normalized spacial score (nSPS) is 21.4. The topological polar surface area (TPSA) is 152 Å². The zero-order chi connectivity index (χ0) is 37.4. The third kappa shape index (κ3) is 24.9. The highest BCUT2D eigenvalue weighted by molar-refractivity contribution is 5.70. The van der Waals surface area contributed by atoms with E-state index >= 15 is 0 Å². The molecular formula is C41H74O10. The second kappa shape index (κ2) is 32.8. The molecule has 0 radical (unpaired) electrons. The Labute approximate surface area is 309 Å². The zero-order valence-corrected chi connectivity index (χ0v) is 32.1. The number of aliphatic hydroxyl groups is 4. The molecule has 0 bridgehead atoms. The Balaban J connectivity index is 2.39. The second-order valence-electron chi connectivity index (χ2n) is 14.1. The number of ether oxygens (including phenoxy) is 4. The molecule has 6 atom stereocenters. The molecule has 6 unspecified atom stereocenters. The molecule has 51 heavy (non-hydrogen) atoms. The van der Waals surface area contributed by atoms with Gasteiger partial charge in [0.05, 0.1) is 13.2 Å². The Bertz CT molecular complexity index is 892. The summed E-state index contributed by atoms with van der Waals surface area (Å²) in [4.78, 5) is 25.2. The van der Waals surface area contributed by atoms with Crippen LogP contribution < -0.4 is 0 Å². The van der Waals surface area contributed by atoms with Gasteiger partial charge in [0, 0.05) is 12.8 Å². The molecule has 0 aromatic rings. The Morgan fingerprint density at radius 3 is 1.69 bits per heavy atom. The molecule has 10 nitrogen and oxygen atoms in total. The van der Waals surface area contributed by atoms with Gasteiger partial charge in [-0.25, -0.2) is 0 Å². The number of unbranched alkanes of at least 4 members (excludes halogenated alkanes) is 18. The SMILES string of the molecule is CCCC/C=C\C/C=C\CCCCCCCC(=O)OC(COC(=O)CCCCCCCCCCCCCC)COC1OC(CO)C(O)C(O)C1O. The highest BCUT2D eigenvalue weighted by Gasteiger charge is 2.44. The summed E-state index contributed by atoms with van der Waals surface area (Å²) in [5.74, 6) is -0.821. The van der Waals surface area contributed by atoms with Gasteiger partial charge >= 0.3 is 11.9 Å². The molecule has 1 aliphatic heterocycles. The number of carbonyl (C=O) groups is 2.